The van der Waals surface area contributed by atoms with Crippen LogP contribution in [0.5, 0.6) is 0 Å². The van der Waals surface area contributed by atoms with Gasteiger partial charge in [0, 0.05) is 0 Å². The first kappa shape index (κ1) is 12.7. The highest BCUT2D eigenvalue weighted by Gasteiger charge is 2.16. The van der Waals surface area contributed by atoms with Crippen molar-refractivity contribution in [3.63, 3.8) is 0 Å². The Balaban J connectivity index is 2.54. The Hall–Kier alpha value is -1.40. The van der Waals surface area contributed by atoms with Crippen LogP contribution in [0.2, 0.25) is 0 Å². The summed E-state index contributed by atoms with van der Waals surface area (Å²) >= 11 is 9.97. The zero-order valence-electron chi connectivity index (χ0n) is 8.13. The van der Waals surface area contributed by atoms with Gasteiger partial charge >= 0.3 is 11.9 Å². The van der Waals surface area contributed by atoms with Crippen molar-refractivity contribution < 1.29 is 19.4 Å². The van der Waals surface area contributed by atoms with E-state index >= 15 is 0 Å². The zero-order valence-corrected chi connectivity index (χ0v) is 9.77. The van der Waals surface area contributed by atoms with Crippen LogP contribution < -0.4 is 0 Å². The average molecular weight is 256 g/mol. The van der Waals surface area contributed by atoms with Gasteiger partial charge in [0.2, 0.25) is 0 Å². The molecule has 0 atom stereocenters. The van der Waals surface area contributed by atoms with Crippen LogP contribution in [-0.2, 0) is 14.3 Å². The van der Waals surface area contributed by atoms with E-state index in [1.807, 2.05) is 0 Å². The van der Waals surface area contributed by atoms with E-state index in [1.165, 1.54) is 0 Å². The van der Waals surface area contributed by atoms with E-state index < -0.39 is 18.5 Å². The lowest BCUT2D eigenvalue weighted by Gasteiger charge is -2.10. The third-order valence-electron chi connectivity index (χ3n) is 1.75. The number of hydrogen-bond acceptors (Lipinski definition) is 5. The van der Waals surface area contributed by atoms with Gasteiger partial charge in [-0.15, -0.1) is 0 Å². The van der Waals surface area contributed by atoms with Crippen LogP contribution in [0.4, 0.5) is 0 Å². The SMILES string of the molecule is O=C(O)COC(=O)CC1=CC=CC(=S)C1=S. The number of esters is 1. The summed E-state index contributed by atoms with van der Waals surface area (Å²) in [6.45, 7) is -0.640. The normalized spacial score (nSPS) is 14.6. The molecule has 0 saturated heterocycles. The van der Waals surface area contributed by atoms with Crippen LogP contribution in [0, 0.1) is 0 Å². The molecule has 16 heavy (non-hydrogen) atoms. The van der Waals surface area contributed by atoms with Crippen molar-refractivity contribution in [2.45, 2.75) is 6.42 Å². The molecule has 1 aliphatic carbocycles. The van der Waals surface area contributed by atoms with Crippen molar-refractivity contribution in [3.05, 3.63) is 23.8 Å². The molecule has 1 N–H and O–H groups in total. The van der Waals surface area contributed by atoms with Crippen LogP contribution in [0.3, 0.4) is 0 Å². The second-order valence-electron chi connectivity index (χ2n) is 2.98. The average Bonchev–Trinajstić information content (AvgIpc) is 2.22. The molecular formula is C10H8O4S2. The molecule has 0 spiro atoms. The van der Waals surface area contributed by atoms with Crippen molar-refractivity contribution >= 4 is 46.1 Å². The first-order chi connectivity index (χ1) is 7.50. The lowest BCUT2D eigenvalue weighted by Crippen LogP contribution is -2.18. The highest BCUT2D eigenvalue weighted by Crippen LogP contribution is 2.13. The summed E-state index contributed by atoms with van der Waals surface area (Å²) in [5, 5.41) is 8.31. The number of aliphatic carboxylic acids is 1. The monoisotopic (exact) mass is 256 g/mol. The Morgan fingerprint density at radius 1 is 1.38 bits per heavy atom. The van der Waals surface area contributed by atoms with Crippen LogP contribution in [0.1, 0.15) is 6.42 Å². The Labute approximate surface area is 103 Å². The number of rotatable bonds is 4. The molecular weight excluding hydrogens is 248 g/mol. The molecule has 0 amide bonds. The molecule has 1 rings (SSSR count). The largest absolute Gasteiger partial charge is 0.479 e. The van der Waals surface area contributed by atoms with Gasteiger partial charge < -0.3 is 9.84 Å². The predicted molar refractivity (Wildman–Crippen MR) is 65.6 cm³/mol. The number of ether oxygens (including phenoxy) is 1. The number of carboxylic acid groups (broad SMARTS) is 1. The van der Waals surface area contributed by atoms with Crippen molar-refractivity contribution in [3.8, 4) is 0 Å². The van der Waals surface area contributed by atoms with Crippen molar-refractivity contribution in [1.29, 1.82) is 0 Å². The number of allylic oxidation sites excluding steroid dienone is 3. The second-order valence-corrected chi connectivity index (χ2v) is 3.82. The van der Waals surface area contributed by atoms with Crippen LogP contribution >= 0.6 is 24.4 Å². The minimum absolute atomic E-state index is 0.0589. The highest BCUT2D eigenvalue weighted by atomic mass is 32.1. The maximum absolute atomic E-state index is 11.2. The Kier molecular flexibility index (Phi) is 4.45. The fraction of sp³-hybridized carbons (Fsp3) is 0.200. The summed E-state index contributed by atoms with van der Waals surface area (Å²) in [5.74, 6) is -1.82. The molecule has 0 aromatic rings. The lowest BCUT2D eigenvalue weighted by atomic mass is 10.0. The first-order valence-corrected chi connectivity index (χ1v) is 5.15. The third-order valence-corrected chi connectivity index (χ3v) is 2.70. The summed E-state index contributed by atoms with van der Waals surface area (Å²) in [7, 11) is 0. The van der Waals surface area contributed by atoms with E-state index in [2.05, 4.69) is 4.74 Å². The standard InChI is InChI=1S/C10H8O4S2/c11-8(12)5-14-9(13)4-6-2-1-3-7(15)10(6)16/h1-3H,4-5H2,(H,11,12). The van der Waals surface area contributed by atoms with Gasteiger partial charge in [-0.2, -0.15) is 0 Å². The third kappa shape index (κ3) is 3.63. The van der Waals surface area contributed by atoms with Crippen molar-refractivity contribution in [2.24, 2.45) is 0 Å². The molecule has 0 aromatic carbocycles. The van der Waals surface area contributed by atoms with E-state index in [0.717, 1.165) is 0 Å². The molecule has 0 heterocycles. The van der Waals surface area contributed by atoms with Gasteiger partial charge in [-0.05, 0) is 11.6 Å². The molecule has 0 aromatic heterocycles. The fourth-order valence-corrected chi connectivity index (χ4v) is 1.47. The summed E-state index contributed by atoms with van der Waals surface area (Å²) < 4.78 is 4.48. The molecule has 0 unspecified atom stereocenters. The number of carbonyl (C=O) groups is 2. The summed E-state index contributed by atoms with van der Waals surface area (Å²) in [5.41, 5.74) is 0.581. The number of carboxylic acids is 1. The van der Waals surface area contributed by atoms with E-state index in [0.29, 0.717) is 15.3 Å². The Bertz CT molecular complexity index is 421. The lowest BCUT2D eigenvalue weighted by molar-refractivity contribution is -0.154. The van der Waals surface area contributed by atoms with Gasteiger partial charge in [0.15, 0.2) is 6.61 Å². The quantitative estimate of drug-likeness (QED) is 0.603. The second kappa shape index (κ2) is 5.62. The van der Waals surface area contributed by atoms with Gasteiger partial charge in [-0.1, -0.05) is 36.6 Å². The van der Waals surface area contributed by atoms with Crippen LogP contribution in [-0.4, -0.2) is 33.4 Å². The molecule has 0 aliphatic heterocycles. The molecule has 1 aliphatic rings. The molecule has 0 fully saturated rings. The Morgan fingerprint density at radius 3 is 2.69 bits per heavy atom. The van der Waals surface area contributed by atoms with E-state index in [-0.39, 0.29) is 6.42 Å². The molecule has 84 valence electrons. The summed E-state index contributed by atoms with van der Waals surface area (Å²) in [4.78, 5) is 22.3. The molecule has 4 nitrogen and oxygen atoms in total. The van der Waals surface area contributed by atoms with Crippen molar-refractivity contribution in [2.75, 3.05) is 6.61 Å². The molecule has 0 bridgehead atoms. The van der Waals surface area contributed by atoms with Gasteiger partial charge in [-0.25, -0.2) is 4.79 Å². The Morgan fingerprint density at radius 2 is 2.06 bits per heavy atom. The van der Waals surface area contributed by atoms with E-state index in [9.17, 15) is 9.59 Å². The fourth-order valence-electron chi connectivity index (χ4n) is 1.05. The van der Waals surface area contributed by atoms with Gasteiger partial charge in [0.05, 0.1) is 16.1 Å². The smallest absolute Gasteiger partial charge is 0.341 e. The summed E-state index contributed by atoms with van der Waals surface area (Å²) in [6, 6.07) is 0. The number of carbonyl (C=O) groups excluding carboxylic acids is 1. The summed E-state index contributed by atoms with van der Waals surface area (Å²) in [6.07, 6.45) is 4.97. The predicted octanol–water partition coefficient (Wildman–Crippen LogP) is 1.24. The van der Waals surface area contributed by atoms with Gasteiger partial charge in [0.25, 0.3) is 0 Å². The molecule has 0 radical (unpaired) electrons. The number of hydrogen-bond donors (Lipinski definition) is 1. The minimum atomic E-state index is -1.19. The maximum Gasteiger partial charge on any atom is 0.341 e. The maximum atomic E-state index is 11.2. The van der Waals surface area contributed by atoms with Crippen LogP contribution in [0.25, 0.3) is 0 Å². The van der Waals surface area contributed by atoms with Gasteiger partial charge in [-0.3, -0.25) is 4.79 Å². The van der Waals surface area contributed by atoms with E-state index in [1.54, 1.807) is 18.2 Å². The topological polar surface area (TPSA) is 63.6 Å². The molecule has 0 saturated carbocycles. The molecule has 6 heteroatoms. The zero-order chi connectivity index (χ0) is 12.1. The van der Waals surface area contributed by atoms with Crippen molar-refractivity contribution in [1.82, 2.24) is 0 Å². The highest BCUT2D eigenvalue weighted by molar-refractivity contribution is 7.90. The van der Waals surface area contributed by atoms with Crippen LogP contribution in [0.15, 0.2) is 23.8 Å². The number of thiocarbonyl (C=S) groups is 2. The van der Waals surface area contributed by atoms with Gasteiger partial charge in [0.1, 0.15) is 0 Å². The minimum Gasteiger partial charge on any atom is -0.479 e. The van der Waals surface area contributed by atoms with E-state index in [4.69, 9.17) is 29.5 Å². The first-order valence-electron chi connectivity index (χ1n) is 4.34.